The smallest absolute Gasteiger partial charge is 0.339 e. The number of carbonyl (C=O) groups excluding carboxylic acids is 2. The van der Waals surface area contributed by atoms with Crippen LogP contribution in [0.25, 0.3) is 0 Å². The number of hydrogen-bond acceptors (Lipinski definition) is 5. The number of pyridine rings is 1. The number of esters is 1. The third kappa shape index (κ3) is 3.74. The minimum absolute atomic E-state index is 0.163. The number of ether oxygens (including phenoxy) is 1. The highest BCUT2D eigenvalue weighted by Crippen LogP contribution is 2.11. The van der Waals surface area contributed by atoms with Gasteiger partial charge in [-0.25, -0.2) is 4.79 Å². The van der Waals surface area contributed by atoms with Gasteiger partial charge in [0.1, 0.15) is 0 Å². The zero-order valence-corrected chi connectivity index (χ0v) is 10.5. The second kappa shape index (κ2) is 6.24. The summed E-state index contributed by atoms with van der Waals surface area (Å²) < 4.78 is 4.56. The zero-order valence-electron chi connectivity index (χ0n) is 9.64. The van der Waals surface area contributed by atoms with E-state index in [0.29, 0.717) is 17.0 Å². The van der Waals surface area contributed by atoms with Gasteiger partial charge < -0.3 is 10.1 Å². The first-order chi connectivity index (χ1) is 8.08. The molecular weight excluding hydrogens is 240 g/mol. The average Bonchev–Trinajstić information content (AvgIpc) is 2.37. The molecule has 0 aliphatic heterocycles. The molecular formula is C11H14N2O3S. The van der Waals surface area contributed by atoms with E-state index in [1.54, 1.807) is 6.92 Å². The quantitative estimate of drug-likeness (QED) is 0.629. The van der Waals surface area contributed by atoms with Crippen LogP contribution in [0, 0.1) is 5.92 Å². The van der Waals surface area contributed by atoms with Crippen LogP contribution < -0.4 is 5.32 Å². The summed E-state index contributed by atoms with van der Waals surface area (Å²) in [5.74, 6) is -0.407. The first-order valence-electron chi connectivity index (χ1n) is 5.03. The highest BCUT2D eigenvalue weighted by molar-refractivity contribution is 7.80. The van der Waals surface area contributed by atoms with Crippen molar-refractivity contribution in [2.75, 3.05) is 18.2 Å². The maximum absolute atomic E-state index is 11.6. The summed E-state index contributed by atoms with van der Waals surface area (Å²) in [4.78, 5) is 26.7. The topological polar surface area (TPSA) is 68.3 Å². The number of aromatic nitrogens is 1. The van der Waals surface area contributed by atoms with Crippen LogP contribution in [0.3, 0.4) is 0 Å². The molecule has 1 aromatic rings. The van der Waals surface area contributed by atoms with Gasteiger partial charge in [-0.3, -0.25) is 9.78 Å². The molecule has 0 aromatic carbocycles. The van der Waals surface area contributed by atoms with E-state index < -0.39 is 5.97 Å². The van der Waals surface area contributed by atoms with Gasteiger partial charge in [-0.15, -0.1) is 0 Å². The highest BCUT2D eigenvalue weighted by Gasteiger charge is 2.12. The van der Waals surface area contributed by atoms with Gasteiger partial charge in [-0.2, -0.15) is 12.6 Å². The van der Waals surface area contributed by atoms with E-state index in [1.807, 2.05) is 0 Å². The fourth-order valence-electron chi connectivity index (χ4n) is 1.09. The van der Waals surface area contributed by atoms with E-state index in [-0.39, 0.29) is 11.8 Å². The van der Waals surface area contributed by atoms with Crippen molar-refractivity contribution >= 4 is 30.2 Å². The maximum Gasteiger partial charge on any atom is 0.339 e. The van der Waals surface area contributed by atoms with Gasteiger partial charge in [0.15, 0.2) is 0 Å². The van der Waals surface area contributed by atoms with E-state index in [4.69, 9.17) is 0 Å². The van der Waals surface area contributed by atoms with E-state index in [2.05, 4.69) is 27.7 Å². The Morgan fingerprint density at radius 3 is 2.82 bits per heavy atom. The Kier molecular flexibility index (Phi) is 4.96. The summed E-state index contributed by atoms with van der Waals surface area (Å²) in [5, 5.41) is 2.65. The van der Waals surface area contributed by atoms with E-state index in [1.165, 1.54) is 25.6 Å². The Balaban J connectivity index is 2.79. The molecule has 0 saturated carbocycles. The molecule has 0 spiro atoms. The van der Waals surface area contributed by atoms with Crippen LogP contribution in [0.15, 0.2) is 18.5 Å². The van der Waals surface area contributed by atoms with Crippen molar-refractivity contribution in [2.24, 2.45) is 5.92 Å². The van der Waals surface area contributed by atoms with E-state index in [0.717, 1.165) is 0 Å². The summed E-state index contributed by atoms with van der Waals surface area (Å²) in [5.41, 5.74) is 0.760. The molecule has 0 aliphatic carbocycles. The van der Waals surface area contributed by atoms with Crippen LogP contribution in [-0.2, 0) is 9.53 Å². The molecule has 5 nitrogen and oxygen atoms in total. The fourth-order valence-corrected chi connectivity index (χ4v) is 1.25. The Morgan fingerprint density at radius 1 is 1.53 bits per heavy atom. The number of hydrogen-bond donors (Lipinski definition) is 2. The van der Waals surface area contributed by atoms with Crippen molar-refractivity contribution in [3.8, 4) is 0 Å². The second-order valence-corrected chi connectivity index (χ2v) is 3.89. The maximum atomic E-state index is 11.6. The van der Waals surface area contributed by atoms with Crippen LogP contribution in [-0.4, -0.2) is 29.7 Å². The molecule has 1 heterocycles. The summed E-state index contributed by atoms with van der Waals surface area (Å²) >= 11 is 4.04. The minimum Gasteiger partial charge on any atom is -0.465 e. The monoisotopic (exact) mass is 254 g/mol. The van der Waals surface area contributed by atoms with Crippen LogP contribution in [0.2, 0.25) is 0 Å². The number of rotatable bonds is 4. The predicted octanol–water partition coefficient (Wildman–Crippen LogP) is 1.37. The number of thiol groups is 1. The molecule has 1 amide bonds. The van der Waals surface area contributed by atoms with Crippen LogP contribution in [0.4, 0.5) is 5.69 Å². The van der Waals surface area contributed by atoms with Gasteiger partial charge in [0, 0.05) is 17.9 Å². The number of anilines is 1. The van der Waals surface area contributed by atoms with Crippen LogP contribution in [0.5, 0.6) is 0 Å². The summed E-state index contributed by atoms with van der Waals surface area (Å²) in [7, 11) is 1.29. The molecule has 0 radical (unpaired) electrons. The lowest BCUT2D eigenvalue weighted by atomic mass is 10.2. The van der Waals surface area contributed by atoms with Crippen molar-refractivity contribution in [2.45, 2.75) is 6.92 Å². The first kappa shape index (κ1) is 13.5. The SMILES string of the molecule is COC(=O)c1cncc(NC(=O)C(C)CS)c1. The highest BCUT2D eigenvalue weighted by atomic mass is 32.1. The zero-order chi connectivity index (χ0) is 12.8. The number of amides is 1. The number of methoxy groups -OCH3 is 1. The third-order valence-corrected chi connectivity index (χ3v) is 2.70. The molecule has 1 aromatic heterocycles. The third-order valence-electron chi connectivity index (χ3n) is 2.15. The van der Waals surface area contributed by atoms with E-state index >= 15 is 0 Å². The molecule has 6 heteroatoms. The van der Waals surface area contributed by atoms with Crippen molar-refractivity contribution in [1.82, 2.24) is 4.98 Å². The molecule has 1 rings (SSSR count). The van der Waals surface area contributed by atoms with Gasteiger partial charge >= 0.3 is 5.97 Å². The lowest BCUT2D eigenvalue weighted by molar-refractivity contribution is -0.118. The Labute approximate surface area is 105 Å². The molecule has 1 atom stereocenters. The van der Waals surface area contributed by atoms with Crippen molar-refractivity contribution in [3.05, 3.63) is 24.0 Å². The number of nitrogens with zero attached hydrogens (tertiary/aromatic N) is 1. The number of nitrogens with one attached hydrogen (secondary N) is 1. The Hall–Kier alpha value is -1.56. The Bertz CT molecular complexity index is 423. The van der Waals surface area contributed by atoms with Crippen molar-refractivity contribution in [1.29, 1.82) is 0 Å². The summed E-state index contributed by atoms with van der Waals surface area (Å²) in [6.07, 6.45) is 2.85. The standard InChI is InChI=1S/C11H14N2O3S/c1-7(6-17)10(14)13-9-3-8(4-12-5-9)11(15)16-2/h3-5,7,17H,6H2,1-2H3,(H,13,14). The Morgan fingerprint density at radius 2 is 2.24 bits per heavy atom. The molecule has 0 aliphatic rings. The lowest BCUT2D eigenvalue weighted by Gasteiger charge is -2.09. The predicted molar refractivity (Wildman–Crippen MR) is 67.2 cm³/mol. The largest absolute Gasteiger partial charge is 0.465 e. The fraction of sp³-hybridized carbons (Fsp3) is 0.364. The molecule has 17 heavy (non-hydrogen) atoms. The molecule has 0 bridgehead atoms. The van der Waals surface area contributed by atoms with Crippen LogP contribution >= 0.6 is 12.6 Å². The number of carbonyl (C=O) groups is 2. The van der Waals surface area contributed by atoms with Crippen molar-refractivity contribution in [3.63, 3.8) is 0 Å². The lowest BCUT2D eigenvalue weighted by Crippen LogP contribution is -2.21. The van der Waals surface area contributed by atoms with Crippen molar-refractivity contribution < 1.29 is 14.3 Å². The van der Waals surface area contributed by atoms with Gasteiger partial charge in [0.2, 0.25) is 5.91 Å². The average molecular weight is 254 g/mol. The first-order valence-corrected chi connectivity index (χ1v) is 5.66. The minimum atomic E-state index is -0.490. The molecule has 0 saturated heterocycles. The van der Waals surface area contributed by atoms with Crippen LogP contribution in [0.1, 0.15) is 17.3 Å². The summed E-state index contributed by atoms with van der Waals surface area (Å²) in [6, 6.07) is 1.52. The van der Waals surface area contributed by atoms with Gasteiger partial charge in [-0.1, -0.05) is 6.92 Å². The normalized spacial score (nSPS) is 11.7. The second-order valence-electron chi connectivity index (χ2n) is 3.53. The molecule has 1 N–H and O–H groups in total. The molecule has 92 valence electrons. The molecule has 0 fully saturated rings. The van der Waals surface area contributed by atoms with Gasteiger partial charge in [0.05, 0.1) is 24.6 Å². The van der Waals surface area contributed by atoms with E-state index in [9.17, 15) is 9.59 Å². The molecule has 1 unspecified atom stereocenters. The summed E-state index contributed by atoms with van der Waals surface area (Å²) in [6.45, 7) is 1.76. The van der Waals surface area contributed by atoms with Gasteiger partial charge in [0.25, 0.3) is 0 Å². The van der Waals surface area contributed by atoms with Gasteiger partial charge in [-0.05, 0) is 6.07 Å².